The summed E-state index contributed by atoms with van der Waals surface area (Å²) < 4.78 is 0. The van der Waals surface area contributed by atoms with Crippen LogP contribution >= 0.6 is 0 Å². The van der Waals surface area contributed by atoms with Crippen molar-refractivity contribution in [1.82, 2.24) is 9.97 Å². The molecule has 60 valence electrons. The second-order valence-corrected chi connectivity index (χ2v) is 2.23. The predicted octanol–water partition coefficient (Wildman–Crippen LogP) is 1.19. The third-order valence-corrected chi connectivity index (χ3v) is 1.39. The van der Waals surface area contributed by atoms with Crippen LogP contribution in [0.3, 0.4) is 0 Å². The maximum Gasteiger partial charge on any atom is 0.343 e. The van der Waals surface area contributed by atoms with Gasteiger partial charge in [0.15, 0.2) is 5.82 Å². The average molecular weight is 155 g/mol. The summed E-state index contributed by atoms with van der Waals surface area (Å²) in [5, 5.41) is 10.3. The maximum absolute atomic E-state index is 10.3. The molecule has 0 bridgehead atoms. The van der Waals surface area contributed by atoms with Crippen molar-refractivity contribution in [3.63, 3.8) is 0 Å². The quantitative estimate of drug-likeness (QED) is 0.515. The van der Waals surface area contributed by atoms with Crippen molar-refractivity contribution in [3.8, 4) is 0 Å². The van der Waals surface area contributed by atoms with Crippen molar-refractivity contribution in [2.45, 2.75) is 20.3 Å². The molecular weight excluding hydrogens is 146 g/mol. The molecule has 1 aromatic heterocycles. The fourth-order valence-corrected chi connectivity index (χ4v) is 0.924. The van der Waals surface area contributed by atoms with Gasteiger partial charge in [-0.1, -0.05) is 6.92 Å². The monoisotopic (exact) mass is 155 g/mol. The number of hydrogen-bond donors (Lipinski definition) is 1. The SMILES string of the molecule is CCc1nc(C)[nH]c1[N+](=O)[O-]. The number of rotatable bonds is 2. The standard InChI is InChI=1S/C6H9N3O2/c1-3-5-6(9(10)11)8-4(2)7-5/h3H2,1-2H3,(H,7,8). The summed E-state index contributed by atoms with van der Waals surface area (Å²) in [6, 6.07) is 0. The van der Waals surface area contributed by atoms with Crippen LogP contribution in [0.5, 0.6) is 0 Å². The number of aromatic amines is 1. The lowest BCUT2D eigenvalue weighted by Crippen LogP contribution is -1.92. The van der Waals surface area contributed by atoms with E-state index in [9.17, 15) is 10.1 Å². The molecule has 0 atom stereocenters. The Morgan fingerprint density at radius 3 is 2.73 bits per heavy atom. The average Bonchev–Trinajstić information content (AvgIpc) is 2.30. The number of nitro groups is 1. The summed E-state index contributed by atoms with van der Waals surface area (Å²) >= 11 is 0. The highest BCUT2D eigenvalue weighted by Crippen LogP contribution is 2.14. The molecule has 0 aliphatic carbocycles. The van der Waals surface area contributed by atoms with Gasteiger partial charge in [0.1, 0.15) is 5.69 Å². The number of nitrogens with one attached hydrogen (secondary N) is 1. The number of imidazole rings is 1. The lowest BCUT2D eigenvalue weighted by molar-refractivity contribution is -0.390. The second kappa shape index (κ2) is 2.69. The molecule has 1 heterocycles. The van der Waals surface area contributed by atoms with E-state index in [1.54, 1.807) is 6.92 Å². The summed E-state index contributed by atoms with van der Waals surface area (Å²) in [5.74, 6) is 0.610. The molecule has 1 aromatic rings. The lowest BCUT2D eigenvalue weighted by atomic mass is 10.3. The molecule has 0 aliphatic heterocycles. The number of nitrogens with zero attached hydrogens (tertiary/aromatic N) is 2. The smallest absolute Gasteiger partial charge is 0.343 e. The number of aryl methyl sites for hydroxylation is 2. The van der Waals surface area contributed by atoms with Crippen LogP contribution < -0.4 is 0 Å². The highest BCUT2D eigenvalue weighted by molar-refractivity contribution is 5.27. The van der Waals surface area contributed by atoms with E-state index in [1.807, 2.05) is 6.92 Å². The van der Waals surface area contributed by atoms with Gasteiger partial charge < -0.3 is 10.1 Å². The molecule has 5 nitrogen and oxygen atoms in total. The van der Waals surface area contributed by atoms with E-state index in [0.717, 1.165) is 0 Å². The molecule has 0 saturated heterocycles. The van der Waals surface area contributed by atoms with E-state index in [2.05, 4.69) is 9.97 Å². The van der Waals surface area contributed by atoms with Gasteiger partial charge in [-0.2, -0.15) is 0 Å². The molecule has 0 saturated carbocycles. The molecule has 5 heteroatoms. The van der Waals surface area contributed by atoms with E-state index < -0.39 is 4.92 Å². The Hall–Kier alpha value is -1.39. The van der Waals surface area contributed by atoms with Gasteiger partial charge in [0.2, 0.25) is 0 Å². The first-order chi connectivity index (χ1) is 5.15. The molecule has 0 unspecified atom stereocenters. The van der Waals surface area contributed by atoms with Gasteiger partial charge in [-0.05, 0) is 11.3 Å². The maximum atomic E-state index is 10.3. The van der Waals surface area contributed by atoms with Crippen LogP contribution in [0.15, 0.2) is 0 Å². The Balaban J connectivity index is 3.12. The molecule has 1 rings (SSSR count). The lowest BCUT2D eigenvalue weighted by Gasteiger charge is -1.90. The van der Waals surface area contributed by atoms with Crippen LogP contribution in [0.25, 0.3) is 0 Å². The Morgan fingerprint density at radius 2 is 2.36 bits per heavy atom. The van der Waals surface area contributed by atoms with Gasteiger partial charge in [-0.25, -0.2) is 9.97 Å². The first-order valence-electron chi connectivity index (χ1n) is 3.35. The number of H-pyrrole nitrogens is 1. The zero-order chi connectivity index (χ0) is 8.43. The Bertz CT molecular complexity index is 279. The highest BCUT2D eigenvalue weighted by Gasteiger charge is 2.15. The minimum absolute atomic E-state index is 0.0185. The van der Waals surface area contributed by atoms with Crippen LogP contribution in [-0.2, 0) is 6.42 Å². The molecule has 0 spiro atoms. The van der Waals surface area contributed by atoms with Gasteiger partial charge in [0.25, 0.3) is 0 Å². The van der Waals surface area contributed by atoms with Crippen LogP contribution in [0, 0.1) is 17.0 Å². The summed E-state index contributed by atoms with van der Waals surface area (Å²) in [6.45, 7) is 3.54. The number of hydrogen-bond acceptors (Lipinski definition) is 3. The zero-order valence-electron chi connectivity index (χ0n) is 6.42. The van der Waals surface area contributed by atoms with Crippen LogP contribution in [-0.4, -0.2) is 14.9 Å². The van der Waals surface area contributed by atoms with Crippen molar-refractivity contribution in [2.75, 3.05) is 0 Å². The molecule has 1 N–H and O–H groups in total. The van der Waals surface area contributed by atoms with Crippen molar-refractivity contribution in [3.05, 3.63) is 21.6 Å². The molecule has 0 aliphatic rings. The van der Waals surface area contributed by atoms with Crippen molar-refractivity contribution in [2.24, 2.45) is 0 Å². The van der Waals surface area contributed by atoms with E-state index >= 15 is 0 Å². The van der Waals surface area contributed by atoms with E-state index in [4.69, 9.17) is 0 Å². The molecule has 0 amide bonds. The number of aromatic nitrogens is 2. The molecule has 0 fully saturated rings. The third kappa shape index (κ3) is 1.36. The van der Waals surface area contributed by atoms with Gasteiger partial charge in [0, 0.05) is 6.92 Å². The van der Waals surface area contributed by atoms with Crippen LogP contribution in [0.1, 0.15) is 18.4 Å². The minimum atomic E-state index is -0.446. The Morgan fingerprint density at radius 1 is 1.73 bits per heavy atom. The first-order valence-corrected chi connectivity index (χ1v) is 3.35. The topological polar surface area (TPSA) is 71.8 Å². The van der Waals surface area contributed by atoms with Gasteiger partial charge >= 0.3 is 5.82 Å². The van der Waals surface area contributed by atoms with Crippen molar-refractivity contribution in [1.29, 1.82) is 0 Å². The Kier molecular flexibility index (Phi) is 1.89. The first kappa shape index (κ1) is 7.71. The van der Waals surface area contributed by atoms with E-state index in [0.29, 0.717) is 17.9 Å². The van der Waals surface area contributed by atoms with Gasteiger partial charge in [-0.15, -0.1) is 0 Å². The van der Waals surface area contributed by atoms with E-state index in [-0.39, 0.29) is 5.82 Å². The predicted molar refractivity (Wildman–Crippen MR) is 39.4 cm³/mol. The molecular formula is C6H9N3O2. The van der Waals surface area contributed by atoms with Crippen LogP contribution in [0.4, 0.5) is 5.82 Å². The highest BCUT2D eigenvalue weighted by atomic mass is 16.6. The Labute approximate surface area is 63.6 Å². The van der Waals surface area contributed by atoms with Gasteiger partial charge in [0.05, 0.1) is 0 Å². The minimum Gasteiger partial charge on any atom is -0.358 e. The summed E-state index contributed by atoms with van der Waals surface area (Å²) in [7, 11) is 0. The summed E-state index contributed by atoms with van der Waals surface area (Å²) in [5.41, 5.74) is 0.521. The molecule has 0 aromatic carbocycles. The van der Waals surface area contributed by atoms with Crippen molar-refractivity contribution >= 4 is 5.82 Å². The molecule has 0 radical (unpaired) electrons. The van der Waals surface area contributed by atoms with Crippen LogP contribution in [0.2, 0.25) is 0 Å². The fraction of sp³-hybridized carbons (Fsp3) is 0.500. The summed E-state index contributed by atoms with van der Waals surface area (Å²) in [4.78, 5) is 16.4. The normalized spacial score (nSPS) is 10.0. The van der Waals surface area contributed by atoms with Gasteiger partial charge in [-0.3, -0.25) is 0 Å². The second-order valence-electron chi connectivity index (χ2n) is 2.23. The molecule has 11 heavy (non-hydrogen) atoms. The largest absolute Gasteiger partial charge is 0.358 e. The van der Waals surface area contributed by atoms with E-state index in [1.165, 1.54) is 0 Å². The zero-order valence-corrected chi connectivity index (χ0v) is 6.42. The fourth-order valence-electron chi connectivity index (χ4n) is 0.924. The van der Waals surface area contributed by atoms with Crippen molar-refractivity contribution < 1.29 is 4.92 Å². The third-order valence-electron chi connectivity index (χ3n) is 1.39. The summed E-state index contributed by atoms with van der Waals surface area (Å²) in [6.07, 6.45) is 0.584.